The van der Waals surface area contributed by atoms with Crippen LogP contribution in [-0.4, -0.2) is 53.4 Å². The molecule has 0 saturated heterocycles. The fraction of sp³-hybridized carbons (Fsp3) is 0.222. The summed E-state index contributed by atoms with van der Waals surface area (Å²) in [6, 6.07) is 7.09. The van der Waals surface area contributed by atoms with E-state index in [0.29, 0.717) is 17.1 Å². The lowest BCUT2D eigenvalue weighted by Crippen LogP contribution is -2.17. The summed E-state index contributed by atoms with van der Waals surface area (Å²) in [5.41, 5.74) is 2.78. The maximum atomic E-state index is 11.9. The molecule has 0 aromatic heterocycles. The lowest BCUT2D eigenvalue weighted by atomic mass is 10.2. The van der Waals surface area contributed by atoms with Crippen molar-refractivity contribution in [2.45, 2.75) is 6.92 Å². The third-order valence-electron chi connectivity index (χ3n) is 3.14. The van der Waals surface area contributed by atoms with Crippen molar-refractivity contribution in [2.24, 2.45) is 5.10 Å². The summed E-state index contributed by atoms with van der Waals surface area (Å²) in [6.07, 6.45) is 1.37. The van der Waals surface area contributed by atoms with Gasteiger partial charge in [-0.25, -0.2) is 5.43 Å². The van der Waals surface area contributed by atoms with E-state index in [4.69, 9.17) is 14.6 Å². The Hall–Kier alpha value is -3.46. The molecule has 0 bridgehead atoms. The van der Waals surface area contributed by atoms with Crippen molar-refractivity contribution < 1.29 is 34.7 Å². The molecule has 9 heteroatoms. The van der Waals surface area contributed by atoms with Crippen molar-refractivity contribution in [3.05, 3.63) is 41.5 Å². The molecule has 1 amide bonds. The fourth-order valence-corrected chi connectivity index (χ4v) is 1.89. The minimum atomic E-state index is -0.696. The van der Waals surface area contributed by atoms with E-state index in [9.17, 15) is 20.1 Å². The molecule has 0 heterocycles. The molecule has 27 heavy (non-hydrogen) atoms. The minimum absolute atomic E-state index is 0.0679. The van der Waals surface area contributed by atoms with E-state index in [1.54, 1.807) is 25.1 Å². The fourth-order valence-electron chi connectivity index (χ4n) is 1.89. The monoisotopic (exact) mass is 378 g/mol. The highest BCUT2D eigenvalue weighted by Gasteiger charge is 2.13. The highest BCUT2D eigenvalue weighted by atomic mass is 16.5. The molecule has 2 aromatic carbocycles. The maximum Gasteiger partial charge on any atom is 0.271 e. The average Bonchev–Trinajstić information content (AvgIpc) is 2.66. The number of hydrogen-bond donors (Lipinski definition) is 5. The third-order valence-corrected chi connectivity index (χ3v) is 3.14. The first-order valence-corrected chi connectivity index (χ1v) is 7.79. The van der Waals surface area contributed by atoms with Crippen molar-refractivity contribution in [3.8, 4) is 28.7 Å². The number of nitrogens with zero attached hydrogens (tertiary/aromatic N) is 1. The molecule has 0 fully saturated rings. The highest BCUT2D eigenvalue weighted by molar-refractivity contribution is 5.96. The first-order chi connectivity index (χ1) is 12.9. The molecule has 0 atom stereocenters. The molecule has 0 spiro atoms. The topological polar surface area (TPSA) is 141 Å². The second kappa shape index (κ2) is 10.5. The number of phenolic OH excluding ortho intramolecular Hbond substituents is 3. The number of benzene rings is 2. The van der Waals surface area contributed by atoms with Gasteiger partial charge in [0.15, 0.2) is 17.2 Å². The second-order valence-corrected chi connectivity index (χ2v) is 4.99. The van der Waals surface area contributed by atoms with Gasteiger partial charge in [-0.15, -0.1) is 0 Å². The standard InChI is InChI=1S/C16H16N2O6.C2H6O/c1-23-11-4-3-9(14(7-11)24-2)8-17-18-16(22)10-5-12(19)15(21)13(20)6-10;1-2-3/h3-8,19-21H,1-2H3,(H,18,22);3H,2H2,1H3/b17-8+;. The van der Waals surface area contributed by atoms with E-state index in [2.05, 4.69) is 10.5 Å². The van der Waals surface area contributed by atoms with Crippen LogP contribution in [0, 0.1) is 0 Å². The number of hydrogen-bond acceptors (Lipinski definition) is 8. The lowest BCUT2D eigenvalue weighted by Gasteiger charge is -2.07. The Kier molecular flexibility index (Phi) is 8.40. The second-order valence-electron chi connectivity index (χ2n) is 4.99. The molecule has 0 aliphatic heterocycles. The number of rotatable bonds is 5. The molecule has 0 saturated carbocycles. The summed E-state index contributed by atoms with van der Waals surface area (Å²) in [5, 5.41) is 39.4. The van der Waals surface area contributed by atoms with Gasteiger partial charge >= 0.3 is 0 Å². The van der Waals surface area contributed by atoms with Crippen LogP contribution < -0.4 is 14.9 Å². The van der Waals surface area contributed by atoms with Crippen LogP contribution in [0.25, 0.3) is 0 Å². The van der Waals surface area contributed by atoms with Crippen LogP contribution in [0.2, 0.25) is 0 Å². The Morgan fingerprint density at radius 1 is 1.11 bits per heavy atom. The van der Waals surface area contributed by atoms with Gasteiger partial charge < -0.3 is 29.9 Å². The predicted octanol–water partition coefficient (Wildman–Crippen LogP) is 1.58. The number of amides is 1. The molecule has 2 aromatic rings. The van der Waals surface area contributed by atoms with Crippen molar-refractivity contribution in [1.29, 1.82) is 0 Å². The number of methoxy groups -OCH3 is 2. The molecule has 146 valence electrons. The van der Waals surface area contributed by atoms with Gasteiger partial charge in [0.05, 0.1) is 20.4 Å². The van der Waals surface area contributed by atoms with E-state index in [0.717, 1.165) is 12.1 Å². The SMILES string of the molecule is CCO.COc1ccc(/C=N/NC(=O)c2cc(O)c(O)c(O)c2)c(OC)c1. The maximum absolute atomic E-state index is 11.9. The Bertz CT molecular complexity index is 783. The van der Waals surface area contributed by atoms with Gasteiger partial charge in [-0.3, -0.25) is 4.79 Å². The molecule has 5 N–H and O–H groups in total. The zero-order valence-electron chi connectivity index (χ0n) is 15.1. The number of carbonyl (C=O) groups is 1. The molecule has 0 unspecified atom stereocenters. The van der Waals surface area contributed by atoms with Gasteiger partial charge in [-0.2, -0.15) is 5.10 Å². The minimum Gasteiger partial charge on any atom is -0.504 e. The summed E-state index contributed by atoms with van der Waals surface area (Å²) in [6.45, 7) is 1.93. The molecule has 9 nitrogen and oxygen atoms in total. The number of aliphatic hydroxyl groups excluding tert-OH is 1. The summed E-state index contributed by atoms with van der Waals surface area (Å²) >= 11 is 0. The molecule has 2 rings (SSSR count). The first-order valence-electron chi connectivity index (χ1n) is 7.79. The number of ether oxygens (including phenoxy) is 2. The normalized spacial score (nSPS) is 10.1. The van der Waals surface area contributed by atoms with E-state index >= 15 is 0 Å². The predicted molar refractivity (Wildman–Crippen MR) is 98.8 cm³/mol. The number of hydrazone groups is 1. The Morgan fingerprint density at radius 3 is 2.22 bits per heavy atom. The van der Waals surface area contributed by atoms with Crippen LogP contribution in [0.15, 0.2) is 35.4 Å². The van der Waals surface area contributed by atoms with Crippen molar-refractivity contribution in [2.75, 3.05) is 20.8 Å². The van der Waals surface area contributed by atoms with E-state index in [1.165, 1.54) is 20.4 Å². The Labute approximate surface area is 156 Å². The van der Waals surface area contributed by atoms with Crippen LogP contribution in [0.3, 0.4) is 0 Å². The molecule has 0 radical (unpaired) electrons. The van der Waals surface area contributed by atoms with Crippen LogP contribution in [-0.2, 0) is 0 Å². The Morgan fingerprint density at radius 2 is 1.70 bits per heavy atom. The van der Waals surface area contributed by atoms with Gasteiger partial charge in [0.2, 0.25) is 0 Å². The van der Waals surface area contributed by atoms with E-state index in [-0.39, 0.29) is 12.2 Å². The molecular formula is C18H22N2O7. The molecule has 0 aliphatic rings. The smallest absolute Gasteiger partial charge is 0.271 e. The first kappa shape index (κ1) is 21.6. The van der Waals surface area contributed by atoms with Gasteiger partial charge in [-0.05, 0) is 31.2 Å². The molecule has 0 aliphatic carbocycles. The van der Waals surface area contributed by atoms with E-state index in [1.807, 2.05) is 0 Å². The zero-order chi connectivity index (χ0) is 20.4. The van der Waals surface area contributed by atoms with Crippen molar-refractivity contribution in [1.82, 2.24) is 5.43 Å². The summed E-state index contributed by atoms with van der Waals surface area (Å²) in [4.78, 5) is 11.9. The van der Waals surface area contributed by atoms with Gasteiger partial charge in [0.25, 0.3) is 5.91 Å². The number of aliphatic hydroxyl groups is 1. The summed E-state index contributed by atoms with van der Waals surface area (Å²) < 4.78 is 10.3. The van der Waals surface area contributed by atoms with Gasteiger partial charge in [0.1, 0.15) is 11.5 Å². The van der Waals surface area contributed by atoms with Crippen LogP contribution in [0.5, 0.6) is 28.7 Å². The number of nitrogens with one attached hydrogen (secondary N) is 1. The largest absolute Gasteiger partial charge is 0.504 e. The van der Waals surface area contributed by atoms with Crippen LogP contribution in [0.1, 0.15) is 22.8 Å². The van der Waals surface area contributed by atoms with Crippen molar-refractivity contribution in [3.63, 3.8) is 0 Å². The number of carbonyl (C=O) groups excluding carboxylic acids is 1. The van der Waals surface area contributed by atoms with Crippen LogP contribution >= 0.6 is 0 Å². The zero-order valence-corrected chi connectivity index (χ0v) is 15.1. The third kappa shape index (κ3) is 6.08. The number of phenols is 3. The van der Waals surface area contributed by atoms with Gasteiger partial charge in [0, 0.05) is 23.8 Å². The number of aromatic hydroxyl groups is 3. The quantitative estimate of drug-likeness (QED) is 0.302. The Balaban J connectivity index is 0.00000114. The van der Waals surface area contributed by atoms with Gasteiger partial charge in [-0.1, -0.05) is 0 Å². The van der Waals surface area contributed by atoms with Crippen molar-refractivity contribution >= 4 is 12.1 Å². The summed E-state index contributed by atoms with van der Waals surface area (Å²) in [7, 11) is 3.03. The van der Waals surface area contributed by atoms with Crippen LogP contribution in [0.4, 0.5) is 0 Å². The highest BCUT2D eigenvalue weighted by Crippen LogP contribution is 2.35. The lowest BCUT2D eigenvalue weighted by molar-refractivity contribution is 0.0954. The molecular weight excluding hydrogens is 356 g/mol. The van der Waals surface area contributed by atoms with E-state index < -0.39 is 23.2 Å². The summed E-state index contributed by atoms with van der Waals surface area (Å²) in [5.74, 6) is -1.47. The average molecular weight is 378 g/mol.